The molecule has 2 heterocycles. The van der Waals surface area contributed by atoms with Crippen molar-refractivity contribution >= 4 is 40.4 Å². The van der Waals surface area contributed by atoms with Crippen molar-refractivity contribution in [2.75, 3.05) is 32.1 Å². The van der Waals surface area contributed by atoms with Crippen LogP contribution in [0, 0.1) is 5.92 Å². The van der Waals surface area contributed by atoms with E-state index < -0.39 is 54.2 Å². The van der Waals surface area contributed by atoms with Gasteiger partial charge in [0.25, 0.3) is 0 Å². The van der Waals surface area contributed by atoms with E-state index in [1.54, 1.807) is 4.57 Å². The second-order valence-electron chi connectivity index (χ2n) is 8.92. The first-order chi connectivity index (χ1) is 18.2. The molecule has 1 aliphatic carbocycles. The van der Waals surface area contributed by atoms with Gasteiger partial charge in [-0.3, -0.25) is 4.52 Å². The zero-order chi connectivity index (χ0) is 28.8. The van der Waals surface area contributed by atoms with Crippen LogP contribution in [0.4, 0.5) is 5.82 Å². The largest absolute Gasteiger partial charge is 0.490 e. The molecule has 3 rings (SSSR count). The molecule has 2 aromatic heterocycles. The fourth-order valence-electron chi connectivity index (χ4n) is 4.24. The number of unbranched alkanes of at least 4 members (excludes halogenated alkanes) is 3. The van der Waals surface area contributed by atoms with Gasteiger partial charge in [0.15, 0.2) is 11.5 Å². The fourth-order valence-corrected chi connectivity index (χ4v) is 7.32. The molecule has 0 spiro atoms. The third-order valence-electron chi connectivity index (χ3n) is 6.00. The van der Waals surface area contributed by atoms with Gasteiger partial charge in [-0.05, 0) is 32.9 Å². The lowest BCUT2D eigenvalue weighted by atomic mass is 10.1. The second kappa shape index (κ2) is 13.5. The Morgan fingerprint density at radius 1 is 0.949 bits per heavy atom. The fraction of sp³-hybridized carbons (Fsp3) is 0.722. The van der Waals surface area contributed by atoms with Crippen molar-refractivity contribution in [1.82, 2.24) is 24.8 Å². The SMILES string of the molecule is CNCCCCCCNc1ncnc2c1ncn2[C@@H]1C[C@H](COP(=O)(O)OP(=O)(O)OP(=O)(O)O)C(O)[C@@H]1O. The standard InChI is InChI=1S/C18H33N6O12P3/c1-19-6-4-2-3-5-7-20-17-14-18(22-10-21-17)24(11-23-14)13-8-12(15(25)16(13)26)9-34-38(30,31)36-39(32,33)35-37(27,28)29/h10-13,15-16,19,25-26H,2-9H2,1H3,(H,30,31)(H,32,33)(H,20,21,22)(H2,27,28,29)/t12-,13-,15?,16-/m1/s1. The van der Waals surface area contributed by atoms with E-state index in [9.17, 15) is 33.7 Å². The number of aliphatic hydroxyl groups excluding tert-OH is 2. The average molecular weight is 618 g/mol. The molecule has 0 radical (unpaired) electrons. The maximum Gasteiger partial charge on any atom is 0.490 e. The van der Waals surface area contributed by atoms with Gasteiger partial charge in [-0.1, -0.05) is 12.8 Å². The van der Waals surface area contributed by atoms with Crippen LogP contribution in [-0.4, -0.2) is 88.3 Å². The predicted molar refractivity (Wildman–Crippen MR) is 135 cm³/mol. The third kappa shape index (κ3) is 9.33. The molecule has 3 unspecified atom stereocenters. The number of nitrogens with zero attached hydrogens (tertiary/aromatic N) is 4. The summed E-state index contributed by atoms with van der Waals surface area (Å²) >= 11 is 0. The number of imidazole rings is 1. The van der Waals surface area contributed by atoms with Crippen LogP contribution in [0.3, 0.4) is 0 Å². The van der Waals surface area contributed by atoms with E-state index in [0.717, 1.165) is 32.2 Å². The summed E-state index contributed by atoms with van der Waals surface area (Å²) in [4.78, 5) is 49.0. The summed E-state index contributed by atoms with van der Waals surface area (Å²) in [6, 6.07) is -0.769. The Balaban J connectivity index is 1.62. The highest BCUT2D eigenvalue weighted by atomic mass is 31.3. The van der Waals surface area contributed by atoms with Gasteiger partial charge in [0.2, 0.25) is 0 Å². The monoisotopic (exact) mass is 618 g/mol. The minimum Gasteiger partial charge on any atom is -0.390 e. The van der Waals surface area contributed by atoms with Gasteiger partial charge in [-0.25, -0.2) is 28.6 Å². The molecular weight excluding hydrogens is 585 g/mol. The maximum atomic E-state index is 12.0. The van der Waals surface area contributed by atoms with Crippen molar-refractivity contribution in [3.05, 3.63) is 12.7 Å². The van der Waals surface area contributed by atoms with Gasteiger partial charge in [-0.2, -0.15) is 8.62 Å². The van der Waals surface area contributed by atoms with Crippen molar-refractivity contribution in [3.63, 3.8) is 0 Å². The lowest BCUT2D eigenvalue weighted by Gasteiger charge is -2.19. The van der Waals surface area contributed by atoms with Crippen LogP contribution in [0.15, 0.2) is 12.7 Å². The first-order valence-corrected chi connectivity index (χ1v) is 16.5. The summed E-state index contributed by atoms with van der Waals surface area (Å²) in [6.45, 7) is 0.922. The molecular formula is C18H33N6O12P3. The van der Waals surface area contributed by atoms with Crippen LogP contribution >= 0.6 is 23.5 Å². The molecule has 18 nitrogen and oxygen atoms in total. The first-order valence-electron chi connectivity index (χ1n) is 11.9. The van der Waals surface area contributed by atoms with Gasteiger partial charge in [0.05, 0.1) is 25.1 Å². The number of nitrogens with one attached hydrogen (secondary N) is 2. The van der Waals surface area contributed by atoms with E-state index >= 15 is 0 Å². The van der Waals surface area contributed by atoms with Gasteiger partial charge in [0.1, 0.15) is 17.9 Å². The zero-order valence-electron chi connectivity index (χ0n) is 20.9. The van der Waals surface area contributed by atoms with Gasteiger partial charge in [0, 0.05) is 12.5 Å². The molecule has 0 aliphatic heterocycles. The van der Waals surface area contributed by atoms with Crippen molar-refractivity contribution in [2.45, 2.75) is 50.4 Å². The molecule has 1 fully saturated rings. The summed E-state index contributed by atoms with van der Waals surface area (Å²) in [6.07, 6.45) is 4.14. The van der Waals surface area contributed by atoms with Crippen molar-refractivity contribution in [3.8, 4) is 0 Å². The van der Waals surface area contributed by atoms with Gasteiger partial charge >= 0.3 is 23.5 Å². The highest BCUT2D eigenvalue weighted by Crippen LogP contribution is 2.66. The maximum absolute atomic E-state index is 12.0. The first kappa shape index (κ1) is 32.2. The molecule has 2 aromatic rings. The molecule has 0 saturated heterocycles. The number of fused-ring (bicyclic) bond motifs is 1. The summed E-state index contributed by atoms with van der Waals surface area (Å²) in [7, 11) is -14.7. The Morgan fingerprint density at radius 2 is 1.64 bits per heavy atom. The lowest BCUT2D eigenvalue weighted by Crippen LogP contribution is -2.30. The number of rotatable bonds is 16. The average Bonchev–Trinajstić information content (AvgIpc) is 3.36. The van der Waals surface area contributed by atoms with E-state index in [4.69, 9.17) is 9.79 Å². The third-order valence-corrected chi connectivity index (χ3v) is 9.80. The van der Waals surface area contributed by atoms with Gasteiger partial charge in [-0.15, -0.1) is 0 Å². The summed E-state index contributed by atoms with van der Waals surface area (Å²) < 4.78 is 47.8. The molecule has 39 heavy (non-hydrogen) atoms. The smallest absolute Gasteiger partial charge is 0.390 e. The summed E-state index contributed by atoms with van der Waals surface area (Å²) in [5, 5.41) is 27.5. The molecule has 0 bridgehead atoms. The van der Waals surface area contributed by atoms with Crippen LogP contribution in [0.1, 0.15) is 38.1 Å². The summed E-state index contributed by atoms with van der Waals surface area (Å²) in [5.41, 5.74) is 0.831. The van der Waals surface area contributed by atoms with Crippen LogP contribution in [0.2, 0.25) is 0 Å². The van der Waals surface area contributed by atoms with E-state index in [1.807, 2.05) is 7.05 Å². The molecule has 8 N–H and O–H groups in total. The minimum atomic E-state index is -5.67. The van der Waals surface area contributed by atoms with Crippen molar-refractivity contribution in [1.29, 1.82) is 0 Å². The highest BCUT2D eigenvalue weighted by Gasteiger charge is 2.46. The Bertz CT molecular complexity index is 1240. The Kier molecular flexibility index (Phi) is 11.2. The van der Waals surface area contributed by atoms with Crippen LogP contribution in [-0.2, 0) is 26.8 Å². The van der Waals surface area contributed by atoms with Crippen molar-refractivity contribution < 1.29 is 56.6 Å². The molecule has 0 amide bonds. The van der Waals surface area contributed by atoms with E-state index in [-0.39, 0.29) is 6.42 Å². The van der Waals surface area contributed by atoms with Crippen LogP contribution < -0.4 is 10.6 Å². The number of phosphoric acid groups is 3. The summed E-state index contributed by atoms with van der Waals surface area (Å²) in [5.74, 6) is -0.444. The number of hydrogen-bond acceptors (Lipinski definition) is 13. The number of anilines is 1. The molecule has 0 aromatic carbocycles. The van der Waals surface area contributed by atoms with Gasteiger partial charge < -0.3 is 45.0 Å². The van der Waals surface area contributed by atoms with Crippen molar-refractivity contribution in [2.24, 2.45) is 5.92 Å². The normalized spacial score (nSPS) is 25.0. The van der Waals surface area contributed by atoms with E-state index in [0.29, 0.717) is 23.5 Å². The number of hydrogen-bond donors (Lipinski definition) is 8. The van der Waals surface area contributed by atoms with E-state index in [2.05, 4.69) is 38.7 Å². The second-order valence-corrected chi connectivity index (χ2v) is 13.3. The number of phosphoric ester groups is 1. The molecule has 1 aliphatic rings. The minimum absolute atomic E-state index is 0.0168. The van der Waals surface area contributed by atoms with E-state index in [1.165, 1.54) is 12.7 Å². The Labute approximate surface area is 223 Å². The van der Waals surface area contributed by atoms with Crippen LogP contribution in [0.25, 0.3) is 11.2 Å². The Hall–Kier alpha value is -1.36. The van der Waals surface area contributed by atoms with Crippen LogP contribution in [0.5, 0.6) is 0 Å². The quantitative estimate of drug-likeness (QED) is 0.0947. The zero-order valence-corrected chi connectivity index (χ0v) is 23.6. The number of aromatic nitrogens is 4. The predicted octanol–water partition coefficient (Wildman–Crippen LogP) is 0.644. The molecule has 1 saturated carbocycles. The molecule has 222 valence electrons. The highest BCUT2D eigenvalue weighted by molar-refractivity contribution is 7.66. The topological polar surface area (TPSA) is 268 Å². The lowest BCUT2D eigenvalue weighted by molar-refractivity contribution is -0.00372. The molecule has 6 atom stereocenters. The number of aliphatic hydroxyl groups is 2. The molecule has 21 heteroatoms. The Morgan fingerprint density at radius 3 is 2.31 bits per heavy atom.